The van der Waals surface area contributed by atoms with Crippen LogP contribution in [-0.4, -0.2) is 24.6 Å². The Kier molecular flexibility index (Phi) is 3.86. The SMILES string of the molecule is C[C@H]1CN(C)Cc2ccccc2[C@@H](c2ccccc2)O1. The van der Waals surface area contributed by atoms with Crippen molar-refractivity contribution in [1.29, 1.82) is 0 Å². The van der Waals surface area contributed by atoms with Gasteiger partial charge in [0.05, 0.1) is 6.10 Å². The van der Waals surface area contributed by atoms with Gasteiger partial charge in [-0.1, -0.05) is 54.6 Å². The number of benzene rings is 2. The fraction of sp³-hybridized carbons (Fsp3) is 0.333. The Hall–Kier alpha value is -1.64. The molecule has 0 unspecified atom stereocenters. The van der Waals surface area contributed by atoms with Crippen molar-refractivity contribution in [3.63, 3.8) is 0 Å². The number of hydrogen-bond donors (Lipinski definition) is 0. The van der Waals surface area contributed by atoms with Gasteiger partial charge in [-0.3, -0.25) is 4.90 Å². The molecule has 2 nitrogen and oxygen atoms in total. The van der Waals surface area contributed by atoms with E-state index in [1.807, 2.05) is 0 Å². The zero-order valence-electron chi connectivity index (χ0n) is 12.1. The van der Waals surface area contributed by atoms with Gasteiger partial charge < -0.3 is 4.74 Å². The van der Waals surface area contributed by atoms with Crippen molar-refractivity contribution in [2.24, 2.45) is 0 Å². The standard InChI is InChI=1S/C18H21NO/c1-14-12-19(2)13-16-10-6-7-11-17(16)18(20-14)15-8-4-3-5-9-15/h3-11,14,18H,12-13H2,1-2H3/t14-,18+/m0/s1. The summed E-state index contributed by atoms with van der Waals surface area (Å²) in [7, 11) is 2.15. The van der Waals surface area contributed by atoms with Crippen LogP contribution in [0, 0.1) is 0 Å². The molecular weight excluding hydrogens is 246 g/mol. The summed E-state index contributed by atoms with van der Waals surface area (Å²) in [6.07, 6.45) is 0.259. The van der Waals surface area contributed by atoms with Crippen LogP contribution in [0.5, 0.6) is 0 Å². The second kappa shape index (κ2) is 5.78. The van der Waals surface area contributed by atoms with E-state index in [9.17, 15) is 0 Å². The van der Waals surface area contributed by atoms with E-state index >= 15 is 0 Å². The van der Waals surface area contributed by atoms with Gasteiger partial charge in [-0.2, -0.15) is 0 Å². The Labute approximate surface area is 121 Å². The Bertz CT molecular complexity index is 567. The first-order valence-electron chi connectivity index (χ1n) is 7.21. The van der Waals surface area contributed by atoms with E-state index in [1.54, 1.807) is 0 Å². The Morgan fingerprint density at radius 1 is 1.00 bits per heavy atom. The first-order valence-corrected chi connectivity index (χ1v) is 7.21. The third kappa shape index (κ3) is 2.77. The topological polar surface area (TPSA) is 12.5 Å². The lowest BCUT2D eigenvalue weighted by Crippen LogP contribution is -2.33. The maximum absolute atomic E-state index is 6.33. The van der Waals surface area contributed by atoms with Crippen LogP contribution in [0.15, 0.2) is 54.6 Å². The van der Waals surface area contributed by atoms with Gasteiger partial charge in [0.1, 0.15) is 6.10 Å². The predicted molar refractivity (Wildman–Crippen MR) is 81.6 cm³/mol. The summed E-state index contributed by atoms with van der Waals surface area (Å²) in [5.74, 6) is 0. The molecule has 0 spiro atoms. The first kappa shape index (κ1) is 13.3. The average Bonchev–Trinajstić information content (AvgIpc) is 2.45. The second-order valence-corrected chi connectivity index (χ2v) is 5.63. The van der Waals surface area contributed by atoms with Crippen molar-refractivity contribution in [1.82, 2.24) is 4.90 Å². The zero-order chi connectivity index (χ0) is 13.9. The van der Waals surface area contributed by atoms with E-state index < -0.39 is 0 Å². The molecule has 0 saturated heterocycles. The van der Waals surface area contributed by atoms with Gasteiger partial charge >= 0.3 is 0 Å². The molecule has 2 aromatic rings. The molecular formula is C18H21NO. The van der Waals surface area contributed by atoms with Gasteiger partial charge in [0.25, 0.3) is 0 Å². The van der Waals surface area contributed by atoms with Crippen LogP contribution in [0.4, 0.5) is 0 Å². The van der Waals surface area contributed by atoms with E-state index in [0.717, 1.165) is 13.1 Å². The summed E-state index contributed by atoms with van der Waals surface area (Å²) in [4.78, 5) is 2.32. The third-order valence-electron chi connectivity index (χ3n) is 3.82. The molecule has 2 heteroatoms. The molecule has 3 rings (SSSR count). The number of likely N-dealkylation sites (N-methyl/N-ethyl adjacent to an activating group) is 1. The summed E-state index contributed by atoms with van der Waals surface area (Å²) < 4.78 is 6.33. The molecule has 1 aliphatic rings. The molecule has 0 bridgehead atoms. The molecule has 20 heavy (non-hydrogen) atoms. The summed E-state index contributed by atoms with van der Waals surface area (Å²) in [6.45, 7) is 4.09. The van der Waals surface area contributed by atoms with E-state index in [1.165, 1.54) is 16.7 Å². The average molecular weight is 267 g/mol. The highest BCUT2D eigenvalue weighted by molar-refractivity contribution is 5.36. The van der Waals surface area contributed by atoms with Crippen molar-refractivity contribution >= 4 is 0 Å². The highest BCUT2D eigenvalue weighted by Gasteiger charge is 2.24. The summed E-state index contributed by atoms with van der Waals surface area (Å²) in [5, 5.41) is 0. The van der Waals surface area contributed by atoms with Crippen molar-refractivity contribution in [3.8, 4) is 0 Å². The minimum atomic E-state index is 0.0381. The van der Waals surface area contributed by atoms with Gasteiger partial charge in [0.15, 0.2) is 0 Å². The summed E-state index contributed by atoms with van der Waals surface area (Å²) >= 11 is 0. The largest absolute Gasteiger partial charge is 0.365 e. The molecule has 1 aliphatic heterocycles. The molecule has 0 saturated carbocycles. The van der Waals surface area contributed by atoms with Crippen LogP contribution in [0.3, 0.4) is 0 Å². The molecule has 0 aromatic heterocycles. The fourth-order valence-electron chi connectivity index (χ4n) is 2.96. The smallest absolute Gasteiger partial charge is 0.108 e. The highest BCUT2D eigenvalue weighted by atomic mass is 16.5. The molecule has 0 N–H and O–H groups in total. The maximum atomic E-state index is 6.33. The van der Waals surface area contributed by atoms with Crippen molar-refractivity contribution < 1.29 is 4.74 Å². The Balaban J connectivity index is 2.06. The Morgan fingerprint density at radius 3 is 2.50 bits per heavy atom. The quantitative estimate of drug-likeness (QED) is 0.782. The lowest BCUT2D eigenvalue weighted by Gasteiger charge is -2.32. The van der Waals surface area contributed by atoms with Gasteiger partial charge in [-0.15, -0.1) is 0 Å². The second-order valence-electron chi connectivity index (χ2n) is 5.63. The minimum absolute atomic E-state index is 0.0381. The molecule has 0 fully saturated rings. The molecule has 0 amide bonds. The van der Waals surface area contributed by atoms with Gasteiger partial charge in [-0.25, -0.2) is 0 Å². The number of nitrogens with zero attached hydrogens (tertiary/aromatic N) is 1. The van der Waals surface area contributed by atoms with Gasteiger partial charge in [0, 0.05) is 13.1 Å². The van der Waals surface area contributed by atoms with E-state index in [0.29, 0.717) is 0 Å². The number of hydrogen-bond acceptors (Lipinski definition) is 2. The Morgan fingerprint density at radius 2 is 1.70 bits per heavy atom. The summed E-state index contributed by atoms with van der Waals surface area (Å²) in [6, 6.07) is 19.1. The van der Waals surface area contributed by atoms with Crippen molar-refractivity contribution in [3.05, 3.63) is 71.3 Å². The molecule has 0 aliphatic carbocycles. The predicted octanol–water partition coefficient (Wildman–Crippen LogP) is 3.63. The maximum Gasteiger partial charge on any atom is 0.108 e. The monoisotopic (exact) mass is 267 g/mol. The van der Waals surface area contributed by atoms with Crippen LogP contribution < -0.4 is 0 Å². The zero-order valence-corrected chi connectivity index (χ0v) is 12.1. The normalized spacial score (nSPS) is 23.7. The molecule has 104 valence electrons. The van der Waals surface area contributed by atoms with Crippen LogP contribution in [-0.2, 0) is 11.3 Å². The van der Waals surface area contributed by atoms with Crippen LogP contribution in [0.1, 0.15) is 29.7 Å². The lowest BCUT2D eigenvalue weighted by atomic mass is 9.95. The number of fused-ring (bicyclic) bond motifs is 1. The van der Waals surface area contributed by atoms with Crippen molar-refractivity contribution in [2.75, 3.05) is 13.6 Å². The highest BCUT2D eigenvalue weighted by Crippen LogP contribution is 2.32. The van der Waals surface area contributed by atoms with E-state index in [-0.39, 0.29) is 12.2 Å². The fourth-order valence-corrected chi connectivity index (χ4v) is 2.96. The van der Waals surface area contributed by atoms with E-state index in [4.69, 9.17) is 4.74 Å². The number of rotatable bonds is 1. The van der Waals surface area contributed by atoms with Gasteiger partial charge in [-0.05, 0) is 30.7 Å². The van der Waals surface area contributed by atoms with E-state index in [2.05, 4.69) is 73.5 Å². The first-order chi connectivity index (χ1) is 9.74. The molecule has 0 radical (unpaired) electrons. The molecule has 2 atom stereocenters. The minimum Gasteiger partial charge on any atom is -0.365 e. The van der Waals surface area contributed by atoms with Crippen LogP contribution >= 0.6 is 0 Å². The molecule has 1 heterocycles. The number of ether oxygens (including phenoxy) is 1. The summed E-state index contributed by atoms with van der Waals surface area (Å²) in [5.41, 5.74) is 3.88. The lowest BCUT2D eigenvalue weighted by molar-refractivity contribution is -0.00500. The third-order valence-corrected chi connectivity index (χ3v) is 3.82. The van der Waals surface area contributed by atoms with Crippen LogP contribution in [0.25, 0.3) is 0 Å². The van der Waals surface area contributed by atoms with Crippen molar-refractivity contribution in [2.45, 2.75) is 25.7 Å². The van der Waals surface area contributed by atoms with Gasteiger partial charge in [0.2, 0.25) is 0 Å². The van der Waals surface area contributed by atoms with Crippen LogP contribution in [0.2, 0.25) is 0 Å². The molecule has 2 aromatic carbocycles.